The summed E-state index contributed by atoms with van der Waals surface area (Å²) in [4.78, 5) is 12.5. The van der Waals surface area contributed by atoms with Gasteiger partial charge in [-0.05, 0) is 64.9 Å². The second-order valence-corrected chi connectivity index (χ2v) is 14.5. The Balaban J connectivity index is 0.990. The molecule has 0 saturated heterocycles. The van der Waals surface area contributed by atoms with Gasteiger partial charge in [-0.15, -0.1) is 0 Å². The summed E-state index contributed by atoms with van der Waals surface area (Å²) in [5.74, 6) is 4.22. The number of hydrogen-bond donors (Lipinski definition) is 1. The first-order valence-corrected chi connectivity index (χ1v) is 19.1. The van der Waals surface area contributed by atoms with Crippen LogP contribution in [0, 0.1) is 0 Å². The van der Waals surface area contributed by atoms with Gasteiger partial charge in [-0.25, -0.2) is 9.98 Å². The predicted molar refractivity (Wildman–Crippen MR) is 233 cm³/mol. The van der Waals surface area contributed by atoms with E-state index in [2.05, 4.69) is 133 Å². The Hall–Kier alpha value is -7.44. The summed E-state index contributed by atoms with van der Waals surface area (Å²) in [6.07, 6.45) is 8.29. The van der Waals surface area contributed by atoms with E-state index < -0.39 is 5.66 Å². The number of benzene rings is 7. The highest BCUT2D eigenvalue weighted by molar-refractivity contribution is 6.13. The average Bonchev–Trinajstić information content (AvgIpc) is 3.35. The molecule has 3 aliphatic rings. The highest BCUT2D eigenvalue weighted by Crippen LogP contribution is 2.55. The van der Waals surface area contributed by atoms with E-state index in [-0.39, 0.29) is 0 Å². The monoisotopic (exact) mass is 738 g/mol. The molecule has 3 heterocycles. The number of ether oxygens (including phenoxy) is 2. The summed E-state index contributed by atoms with van der Waals surface area (Å²) in [5.41, 5.74) is 8.31. The normalized spacial score (nSPS) is 18.1. The molecule has 7 aromatic carbocycles. The molecule has 3 aliphatic heterocycles. The van der Waals surface area contributed by atoms with Crippen LogP contribution in [0.4, 0.5) is 11.4 Å². The fourth-order valence-electron chi connectivity index (χ4n) is 7.76. The van der Waals surface area contributed by atoms with Crippen molar-refractivity contribution in [3.8, 4) is 34.1 Å². The lowest BCUT2D eigenvalue weighted by Crippen LogP contribution is -2.46. The second kappa shape index (κ2) is 14.0. The van der Waals surface area contributed by atoms with E-state index in [0.717, 1.165) is 66.9 Å². The van der Waals surface area contributed by atoms with Gasteiger partial charge in [0.2, 0.25) is 0 Å². The van der Waals surface area contributed by atoms with E-state index in [1.54, 1.807) is 0 Å². The number of nitrogens with zero attached hydrogens (tertiary/aromatic N) is 3. The third-order valence-electron chi connectivity index (χ3n) is 10.8. The van der Waals surface area contributed by atoms with E-state index >= 15 is 0 Å². The molecule has 57 heavy (non-hydrogen) atoms. The van der Waals surface area contributed by atoms with Gasteiger partial charge in [-0.2, -0.15) is 0 Å². The first-order valence-electron chi connectivity index (χ1n) is 19.1. The van der Waals surface area contributed by atoms with Crippen molar-refractivity contribution >= 4 is 39.4 Å². The Morgan fingerprint density at radius 3 is 2.09 bits per heavy atom. The fourth-order valence-corrected chi connectivity index (χ4v) is 7.76. The zero-order valence-corrected chi connectivity index (χ0v) is 31.4. The summed E-state index contributed by atoms with van der Waals surface area (Å²) in [6, 6.07) is 54.0. The predicted octanol–water partition coefficient (Wildman–Crippen LogP) is 12.4. The SMILES string of the molecule is C=C1/C=C\C=C/CN(c2ccc(-c3ccc(C4=NC(C)(c5ccccc5)NC(c5ccccc5)=N4)cc3)cc2)c2c1ccc1c2Oc2c(ccc3ccccc23)O1. The van der Waals surface area contributed by atoms with E-state index in [0.29, 0.717) is 35.4 Å². The molecule has 0 spiro atoms. The van der Waals surface area contributed by atoms with E-state index in [9.17, 15) is 0 Å². The minimum Gasteiger partial charge on any atom is -0.449 e. The van der Waals surface area contributed by atoms with Gasteiger partial charge in [0.1, 0.15) is 5.84 Å². The summed E-state index contributed by atoms with van der Waals surface area (Å²) in [5, 5.41) is 5.70. The standard InChI is InChI=1S/C51H38N4O2/c1-34-14-6-5-13-33-55(46-42(34)30-32-45-48(46)57-47-43-20-12-11-15-37(43)27-31-44(47)56-45)41-28-25-36(26-29-41)35-21-23-39(24-22-35)50-52-49(38-16-7-3-8-17-38)53-51(2,54-50)40-18-9-4-10-19-40/h3-32H,1,33H2,2H3,(H,52,53,54)/b13-5-,14-6-. The molecular formula is C51H38N4O2. The van der Waals surface area contributed by atoms with Crippen LogP contribution in [0.25, 0.3) is 27.5 Å². The van der Waals surface area contributed by atoms with Crippen LogP contribution in [-0.4, -0.2) is 18.2 Å². The van der Waals surface area contributed by atoms with Crippen LogP contribution in [0.5, 0.6) is 23.0 Å². The first kappa shape index (κ1) is 34.1. The van der Waals surface area contributed by atoms with Crippen molar-refractivity contribution < 1.29 is 9.47 Å². The molecule has 0 radical (unpaired) electrons. The molecule has 6 nitrogen and oxygen atoms in total. The van der Waals surface area contributed by atoms with Crippen molar-refractivity contribution in [2.45, 2.75) is 12.6 Å². The zero-order chi connectivity index (χ0) is 38.3. The number of hydrogen-bond acceptors (Lipinski definition) is 6. The number of fused-ring (bicyclic) bond motifs is 6. The minimum absolute atomic E-state index is 0.616. The van der Waals surface area contributed by atoms with Crippen LogP contribution in [-0.2, 0) is 5.66 Å². The van der Waals surface area contributed by atoms with Crippen molar-refractivity contribution in [1.82, 2.24) is 5.32 Å². The van der Waals surface area contributed by atoms with Crippen molar-refractivity contribution in [3.63, 3.8) is 0 Å². The Morgan fingerprint density at radius 2 is 1.30 bits per heavy atom. The van der Waals surface area contributed by atoms with Crippen molar-refractivity contribution in [2.24, 2.45) is 9.98 Å². The van der Waals surface area contributed by atoms with Crippen LogP contribution < -0.4 is 19.7 Å². The number of amidine groups is 2. The maximum atomic E-state index is 6.87. The maximum absolute atomic E-state index is 6.87. The molecule has 1 atom stereocenters. The summed E-state index contributed by atoms with van der Waals surface area (Å²) < 4.78 is 13.4. The largest absolute Gasteiger partial charge is 0.449 e. The van der Waals surface area contributed by atoms with Crippen LogP contribution in [0.2, 0.25) is 0 Å². The number of rotatable bonds is 5. The minimum atomic E-state index is -0.687. The van der Waals surface area contributed by atoms with Gasteiger partial charge < -0.3 is 19.7 Å². The first-order chi connectivity index (χ1) is 28.0. The second-order valence-electron chi connectivity index (χ2n) is 14.5. The molecule has 0 saturated carbocycles. The molecule has 1 N–H and O–H groups in total. The third kappa shape index (κ3) is 6.27. The van der Waals surface area contributed by atoms with E-state index in [1.165, 1.54) is 0 Å². The lowest BCUT2D eigenvalue weighted by molar-refractivity contribution is 0.364. The van der Waals surface area contributed by atoms with Gasteiger partial charge in [0, 0.05) is 34.3 Å². The molecule has 0 aromatic heterocycles. The molecule has 0 amide bonds. The number of allylic oxidation sites excluding steroid dienone is 4. The number of anilines is 2. The Labute approximate surface area is 332 Å². The molecular weight excluding hydrogens is 701 g/mol. The van der Waals surface area contributed by atoms with Crippen LogP contribution in [0.1, 0.15) is 29.2 Å². The molecule has 7 aromatic rings. The lowest BCUT2D eigenvalue weighted by Gasteiger charge is -2.33. The summed E-state index contributed by atoms with van der Waals surface area (Å²) in [7, 11) is 0. The van der Waals surface area contributed by atoms with Gasteiger partial charge in [-0.1, -0.05) is 158 Å². The average molecular weight is 739 g/mol. The van der Waals surface area contributed by atoms with Crippen molar-refractivity contribution in [3.05, 3.63) is 211 Å². The fraction of sp³-hybridized carbons (Fsp3) is 0.0588. The van der Waals surface area contributed by atoms with Crippen LogP contribution >= 0.6 is 0 Å². The molecule has 6 heteroatoms. The van der Waals surface area contributed by atoms with Crippen LogP contribution in [0.15, 0.2) is 199 Å². The molecule has 1 unspecified atom stereocenters. The zero-order valence-electron chi connectivity index (χ0n) is 31.4. The van der Waals surface area contributed by atoms with E-state index in [1.807, 2.05) is 72.8 Å². The number of nitrogens with one attached hydrogen (secondary N) is 1. The Kier molecular flexibility index (Phi) is 8.37. The van der Waals surface area contributed by atoms with Gasteiger partial charge in [0.15, 0.2) is 34.5 Å². The van der Waals surface area contributed by atoms with Crippen molar-refractivity contribution in [1.29, 1.82) is 0 Å². The van der Waals surface area contributed by atoms with E-state index in [4.69, 9.17) is 19.5 Å². The molecule has 274 valence electrons. The molecule has 0 bridgehead atoms. The number of aliphatic imine (C=N–C) groups is 2. The highest BCUT2D eigenvalue weighted by atomic mass is 16.6. The van der Waals surface area contributed by atoms with Crippen molar-refractivity contribution in [2.75, 3.05) is 11.4 Å². The van der Waals surface area contributed by atoms with Gasteiger partial charge in [-0.3, -0.25) is 0 Å². The highest BCUT2D eigenvalue weighted by Gasteiger charge is 2.32. The van der Waals surface area contributed by atoms with Gasteiger partial charge in [0.25, 0.3) is 0 Å². The summed E-state index contributed by atoms with van der Waals surface area (Å²) in [6.45, 7) is 7.16. The Morgan fingerprint density at radius 1 is 0.632 bits per heavy atom. The topological polar surface area (TPSA) is 58.5 Å². The maximum Gasteiger partial charge on any atom is 0.194 e. The molecule has 0 aliphatic carbocycles. The molecule has 0 fully saturated rings. The van der Waals surface area contributed by atoms with Gasteiger partial charge >= 0.3 is 0 Å². The molecule has 10 rings (SSSR count). The lowest BCUT2D eigenvalue weighted by atomic mass is 9.98. The Bertz CT molecular complexity index is 2800. The van der Waals surface area contributed by atoms with Crippen LogP contribution in [0.3, 0.4) is 0 Å². The van der Waals surface area contributed by atoms with Gasteiger partial charge in [0.05, 0.1) is 5.69 Å². The quantitative estimate of drug-likeness (QED) is 0.191. The smallest absolute Gasteiger partial charge is 0.194 e. The third-order valence-corrected chi connectivity index (χ3v) is 10.8. The summed E-state index contributed by atoms with van der Waals surface area (Å²) >= 11 is 0.